The van der Waals surface area contributed by atoms with Crippen molar-refractivity contribution in [3.63, 3.8) is 0 Å². The van der Waals surface area contributed by atoms with Crippen LogP contribution < -0.4 is 4.90 Å². The van der Waals surface area contributed by atoms with E-state index in [1.54, 1.807) is 4.90 Å². The Morgan fingerprint density at radius 3 is 2.44 bits per heavy atom. The zero-order valence-corrected chi connectivity index (χ0v) is 21.9. The highest BCUT2D eigenvalue weighted by molar-refractivity contribution is 7.88. The second kappa shape index (κ2) is 9.74. The number of fused-ring (bicyclic) bond motifs is 3. The van der Waals surface area contributed by atoms with Gasteiger partial charge >= 0.3 is 6.09 Å². The number of sulfonamides is 1. The fourth-order valence-electron chi connectivity index (χ4n) is 5.39. The number of nitrogens with zero attached hydrogens (tertiary/aromatic N) is 5. The van der Waals surface area contributed by atoms with Gasteiger partial charge in [0.05, 0.1) is 30.9 Å². The van der Waals surface area contributed by atoms with Crippen molar-refractivity contribution in [2.24, 2.45) is 0 Å². The molecular formula is C26H33N5O4S. The number of methoxy groups -OCH3 is 1. The summed E-state index contributed by atoms with van der Waals surface area (Å²) in [6.45, 7) is 5.30. The van der Waals surface area contributed by atoms with Gasteiger partial charge in [-0.05, 0) is 37.0 Å². The van der Waals surface area contributed by atoms with Gasteiger partial charge in [0, 0.05) is 44.3 Å². The molecule has 0 N–H and O–H groups in total. The first-order chi connectivity index (χ1) is 17.3. The molecule has 3 aromatic rings. The van der Waals surface area contributed by atoms with Crippen LogP contribution in [0.15, 0.2) is 42.5 Å². The maximum atomic E-state index is 12.3. The molecule has 2 aliphatic heterocycles. The molecule has 36 heavy (non-hydrogen) atoms. The summed E-state index contributed by atoms with van der Waals surface area (Å²) in [6.07, 6.45) is 2.54. The highest BCUT2D eigenvalue weighted by Gasteiger charge is 2.30. The molecule has 1 saturated heterocycles. The van der Waals surface area contributed by atoms with Gasteiger partial charge < -0.3 is 19.1 Å². The largest absolute Gasteiger partial charge is 0.453 e. The average molecular weight is 512 g/mol. The lowest BCUT2D eigenvalue weighted by Gasteiger charge is -2.35. The molecule has 0 saturated carbocycles. The summed E-state index contributed by atoms with van der Waals surface area (Å²) in [5.74, 6) is 0.852. The van der Waals surface area contributed by atoms with Crippen LogP contribution in [0.1, 0.15) is 29.7 Å². The van der Waals surface area contributed by atoms with Crippen molar-refractivity contribution in [3.8, 4) is 0 Å². The summed E-state index contributed by atoms with van der Waals surface area (Å²) in [6, 6.07) is 14.8. The lowest BCUT2D eigenvalue weighted by molar-refractivity contribution is 0.119. The predicted octanol–water partition coefficient (Wildman–Crippen LogP) is 3.05. The van der Waals surface area contributed by atoms with Gasteiger partial charge in [0.1, 0.15) is 0 Å². The molecule has 0 radical (unpaired) electrons. The predicted molar refractivity (Wildman–Crippen MR) is 140 cm³/mol. The van der Waals surface area contributed by atoms with Gasteiger partial charge in [-0.2, -0.15) is 4.31 Å². The van der Waals surface area contributed by atoms with Crippen LogP contribution in [0.3, 0.4) is 0 Å². The molecule has 1 amide bonds. The summed E-state index contributed by atoms with van der Waals surface area (Å²) in [5.41, 5.74) is 5.45. The number of benzene rings is 2. The number of carbonyl (C=O) groups is 1. The molecule has 2 aliphatic rings. The van der Waals surface area contributed by atoms with Gasteiger partial charge in [0.15, 0.2) is 0 Å². The standard InChI is InChI=1S/C26H33N5O4S/c1-19(17-20-7-5-4-6-8-20)31-23-10-9-21-11-12-29(26(32)35-2)18-22(21)24(23)27-25(31)28-13-15-30(16-14-28)36(3,33)34/h4-10,19H,11-18H2,1-3H3/t19-/m0/s1. The maximum absolute atomic E-state index is 12.3. The molecular weight excluding hydrogens is 478 g/mol. The number of rotatable bonds is 5. The molecule has 3 heterocycles. The van der Waals surface area contributed by atoms with E-state index in [0.717, 1.165) is 35.4 Å². The van der Waals surface area contributed by atoms with Gasteiger partial charge in [0.25, 0.3) is 0 Å². The zero-order valence-electron chi connectivity index (χ0n) is 21.1. The second-order valence-corrected chi connectivity index (χ2v) is 11.7. The molecule has 5 rings (SSSR count). The van der Waals surface area contributed by atoms with Crippen LogP contribution in [0.4, 0.5) is 10.7 Å². The fraction of sp³-hybridized carbons (Fsp3) is 0.462. The summed E-state index contributed by atoms with van der Waals surface area (Å²) >= 11 is 0. The average Bonchev–Trinajstić information content (AvgIpc) is 3.28. The molecule has 0 bridgehead atoms. The lowest BCUT2D eigenvalue weighted by Crippen LogP contribution is -2.49. The first-order valence-corrected chi connectivity index (χ1v) is 14.2. The zero-order chi connectivity index (χ0) is 25.4. The number of amides is 1. The Morgan fingerprint density at radius 2 is 1.78 bits per heavy atom. The number of carbonyl (C=O) groups excluding carboxylic acids is 1. The molecule has 1 atom stereocenters. The normalized spacial score (nSPS) is 17.8. The van der Waals surface area contributed by atoms with E-state index in [9.17, 15) is 13.2 Å². The Kier molecular flexibility index (Phi) is 6.65. The highest BCUT2D eigenvalue weighted by atomic mass is 32.2. The topological polar surface area (TPSA) is 88.0 Å². The van der Waals surface area contributed by atoms with Crippen LogP contribution in [0.5, 0.6) is 0 Å². The summed E-state index contributed by atoms with van der Waals surface area (Å²) in [7, 11) is -1.81. The van der Waals surface area contributed by atoms with Gasteiger partial charge in [0.2, 0.25) is 16.0 Å². The third kappa shape index (κ3) is 4.67. The Bertz CT molecular complexity index is 1360. The number of imidazole rings is 1. The minimum atomic E-state index is -3.22. The van der Waals surface area contributed by atoms with Crippen molar-refractivity contribution in [2.75, 3.05) is 51.0 Å². The van der Waals surface area contributed by atoms with Gasteiger partial charge in [-0.15, -0.1) is 0 Å². The number of hydrogen-bond donors (Lipinski definition) is 0. The van der Waals surface area contributed by atoms with Crippen molar-refractivity contribution in [1.82, 2.24) is 18.8 Å². The molecule has 1 fully saturated rings. The monoisotopic (exact) mass is 511 g/mol. The molecule has 0 spiro atoms. The van der Waals surface area contributed by atoms with E-state index in [2.05, 4.69) is 52.8 Å². The number of piperazine rings is 1. The van der Waals surface area contributed by atoms with Crippen molar-refractivity contribution in [1.29, 1.82) is 0 Å². The van der Waals surface area contributed by atoms with E-state index < -0.39 is 10.0 Å². The van der Waals surface area contributed by atoms with Crippen LogP contribution >= 0.6 is 0 Å². The van der Waals surface area contributed by atoms with E-state index in [1.165, 1.54) is 28.8 Å². The van der Waals surface area contributed by atoms with Crippen molar-refractivity contribution in [3.05, 3.63) is 59.2 Å². The van der Waals surface area contributed by atoms with Crippen LogP contribution in [-0.2, 0) is 34.1 Å². The Balaban J connectivity index is 1.56. The van der Waals surface area contributed by atoms with Gasteiger partial charge in [-0.25, -0.2) is 18.2 Å². The van der Waals surface area contributed by atoms with E-state index in [0.29, 0.717) is 39.3 Å². The minimum Gasteiger partial charge on any atom is -0.453 e. The second-order valence-electron chi connectivity index (χ2n) is 9.68. The minimum absolute atomic E-state index is 0.124. The molecule has 192 valence electrons. The summed E-state index contributed by atoms with van der Waals surface area (Å²) < 4.78 is 32.9. The highest BCUT2D eigenvalue weighted by Crippen LogP contribution is 2.34. The molecule has 2 aromatic carbocycles. The van der Waals surface area contributed by atoms with E-state index in [-0.39, 0.29) is 12.1 Å². The first-order valence-electron chi connectivity index (χ1n) is 12.4. The van der Waals surface area contributed by atoms with E-state index in [4.69, 9.17) is 9.72 Å². The summed E-state index contributed by atoms with van der Waals surface area (Å²) in [5, 5.41) is 0. The molecule has 0 unspecified atom stereocenters. The smallest absolute Gasteiger partial charge is 0.409 e. The van der Waals surface area contributed by atoms with Crippen molar-refractivity contribution in [2.45, 2.75) is 32.4 Å². The van der Waals surface area contributed by atoms with Crippen LogP contribution in [0, 0.1) is 0 Å². The van der Waals surface area contributed by atoms with Crippen molar-refractivity contribution < 1.29 is 17.9 Å². The van der Waals surface area contributed by atoms with Crippen molar-refractivity contribution >= 4 is 33.1 Å². The van der Waals surface area contributed by atoms with Crippen LogP contribution in [0.2, 0.25) is 0 Å². The Labute approximate surface area is 212 Å². The molecule has 9 nitrogen and oxygen atoms in total. The number of anilines is 1. The SMILES string of the molecule is COC(=O)N1CCc2ccc3c(nc(N4CCN(S(C)(=O)=O)CC4)n3[C@@H](C)Cc3ccccc3)c2C1. The van der Waals surface area contributed by atoms with E-state index >= 15 is 0 Å². The number of aromatic nitrogens is 2. The van der Waals surface area contributed by atoms with E-state index in [1.807, 2.05) is 6.07 Å². The van der Waals surface area contributed by atoms with Crippen LogP contribution in [0.25, 0.3) is 11.0 Å². The first kappa shape index (κ1) is 24.6. The molecule has 1 aromatic heterocycles. The lowest BCUT2D eigenvalue weighted by atomic mass is 9.98. The fourth-order valence-corrected chi connectivity index (χ4v) is 6.22. The summed E-state index contributed by atoms with van der Waals surface area (Å²) in [4.78, 5) is 21.3. The molecule has 10 heteroatoms. The Morgan fingerprint density at radius 1 is 1.06 bits per heavy atom. The van der Waals surface area contributed by atoms with Gasteiger partial charge in [-0.3, -0.25) is 0 Å². The quantitative estimate of drug-likeness (QED) is 0.523. The molecule has 0 aliphatic carbocycles. The van der Waals surface area contributed by atoms with Gasteiger partial charge in [-0.1, -0.05) is 36.4 Å². The number of ether oxygens (including phenoxy) is 1. The number of hydrogen-bond acceptors (Lipinski definition) is 6. The third-order valence-corrected chi connectivity index (χ3v) is 8.59. The maximum Gasteiger partial charge on any atom is 0.409 e. The third-order valence-electron chi connectivity index (χ3n) is 7.28. The van der Waals surface area contributed by atoms with Crippen LogP contribution in [-0.4, -0.2) is 79.4 Å². The Hall–Kier alpha value is -3.11.